The lowest BCUT2D eigenvalue weighted by atomic mass is 10.4. The maximum absolute atomic E-state index is 10.9. The number of hydrogen-bond acceptors (Lipinski definition) is 3. The molecule has 0 spiro atoms. The first-order chi connectivity index (χ1) is 5.16. The molecule has 0 unspecified atom stereocenters. The van der Waals surface area contributed by atoms with E-state index >= 15 is 0 Å². The van der Waals surface area contributed by atoms with Crippen molar-refractivity contribution in [1.82, 2.24) is 4.57 Å². The summed E-state index contributed by atoms with van der Waals surface area (Å²) in [5.41, 5.74) is 0.338. The summed E-state index contributed by atoms with van der Waals surface area (Å²) in [5, 5.41) is 9.04. The predicted octanol–water partition coefficient (Wildman–Crippen LogP) is 0.517. The fraction of sp³-hybridized carbons (Fsp3) is 0.286. The molecule has 0 bridgehead atoms. The number of methoxy groups -OCH3 is 1. The molecular weight excluding hydrogens is 146 g/mol. The van der Waals surface area contributed by atoms with E-state index in [1.54, 1.807) is 7.05 Å². The molecule has 0 fully saturated rings. The first kappa shape index (κ1) is 7.65. The molecule has 0 radical (unpaired) electrons. The third-order valence-corrected chi connectivity index (χ3v) is 1.49. The zero-order valence-corrected chi connectivity index (χ0v) is 6.37. The van der Waals surface area contributed by atoms with Crippen LogP contribution in [0.25, 0.3) is 0 Å². The largest absolute Gasteiger partial charge is 0.494 e. The van der Waals surface area contributed by atoms with Crippen LogP contribution in [0.1, 0.15) is 10.5 Å². The Kier molecular flexibility index (Phi) is 1.85. The molecule has 1 aromatic heterocycles. The van der Waals surface area contributed by atoms with Gasteiger partial charge in [-0.2, -0.15) is 0 Å². The normalized spacial score (nSPS) is 9.64. The van der Waals surface area contributed by atoms with Crippen molar-refractivity contribution in [3.63, 3.8) is 0 Å². The van der Waals surface area contributed by atoms with Gasteiger partial charge in [0.05, 0.1) is 7.11 Å². The molecule has 1 aromatic rings. The van der Waals surface area contributed by atoms with E-state index < -0.39 is 5.97 Å². The van der Waals surface area contributed by atoms with Crippen LogP contribution in [0.2, 0.25) is 0 Å². The highest BCUT2D eigenvalue weighted by Gasteiger charge is 2.10. The second-order valence-electron chi connectivity index (χ2n) is 2.13. The van der Waals surface area contributed by atoms with Gasteiger partial charge in [-0.25, -0.2) is 4.79 Å². The van der Waals surface area contributed by atoms with Crippen LogP contribution in [0.5, 0.6) is 5.88 Å². The zero-order valence-electron chi connectivity index (χ0n) is 6.37. The van der Waals surface area contributed by atoms with Gasteiger partial charge in [-0.15, -0.1) is 0 Å². The highest BCUT2D eigenvalue weighted by atomic mass is 16.5. The van der Waals surface area contributed by atoms with Crippen LogP contribution in [0, 0.1) is 0 Å². The van der Waals surface area contributed by atoms with E-state index in [-0.39, 0.29) is 5.88 Å². The van der Waals surface area contributed by atoms with Crippen molar-refractivity contribution in [1.29, 1.82) is 0 Å². The van der Waals surface area contributed by atoms with Crippen molar-refractivity contribution in [2.24, 2.45) is 7.05 Å². The first-order valence-electron chi connectivity index (χ1n) is 3.10. The van der Waals surface area contributed by atoms with Crippen molar-refractivity contribution in [3.05, 3.63) is 17.8 Å². The average Bonchev–Trinajstić information content (AvgIpc) is 2.32. The van der Waals surface area contributed by atoms with E-state index in [1.165, 1.54) is 23.8 Å². The van der Waals surface area contributed by atoms with Crippen LogP contribution in [0.4, 0.5) is 0 Å². The van der Waals surface area contributed by atoms with Crippen molar-refractivity contribution in [2.75, 3.05) is 7.11 Å². The molecule has 60 valence electrons. The number of carbonyl (C=O) groups is 1. The summed E-state index contributed by atoms with van der Waals surface area (Å²) in [6.07, 6.45) is 0. The molecule has 0 saturated carbocycles. The number of aromatic nitrogens is 1. The Morgan fingerprint density at radius 1 is 1.64 bits per heavy atom. The van der Waals surface area contributed by atoms with E-state index in [0.29, 0.717) is 5.69 Å². The summed E-state index contributed by atoms with van der Waals surface area (Å²) in [6, 6.07) is 2.94. The Hall–Kier alpha value is -1.45. The van der Waals surface area contributed by atoms with E-state index in [0.717, 1.165) is 0 Å². The Bertz CT molecular complexity index is 277. The molecule has 1 rings (SSSR count). The molecule has 1 heterocycles. The van der Waals surface area contributed by atoms with Crippen molar-refractivity contribution in [3.8, 4) is 5.88 Å². The minimum Gasteiger partial charge on any atom is -0.494 e. The lowest BCUT2D eigenvalue weighted by Gasteiger charge is -2.00. The lowest BCUT2D eigenvalue weighted by Crippen LogP contribution is -2.06. The van der Waals surface area contributed by atoms with Crippen LogP contribution in [0.3, 0.4) is 0 Å². The summed E-state index contributed by atoms with van der Waals surface area (Å²) in [7, 11) is 2.88. The van der Waals surface area contributed by atoms with E-state index in [4.69, 9.17) is 5.11 Å². The van der Waals surface area contributed by atoms with Gasteiger partial charge in [0.1, 0.15) is 5.69 Å². The second-order valence-corrected chi connectivity index (χ2v) is 2.13. The Morgan fingerprint density at radius 3 is 2.64 bits per heavy atom. The number of ether oxygens (including phenoxy) is 1. The number of hydrogen-bond donors (Lipinski definition) is 1. The van der Waals surface area contributed by atoms with Crippen molar-refractivity contribution < 1.29 is 14.6 Å². The number of nitrogens with zero attached hydrogens (tertiary/aromatic N) is 1. The third-order valence-electron chi connectivity index (χ3n) is 1.49. The molecule has 4 heteroatoms. The number of esters is 1. The second kappa shape index (κ2) is 2.65. The summed E-state index contributed by atoms with van der Waals surface area (Å²) in [5.74, 6) is -0.404. The topological polar surface area (TPSA) is 51.5 Å². The van der Waals surface area contributed by atoms with E-state index in [9.17, 15) is 4.79 Å². The Labute approximate surface area is 64.0 Å². The predicted molar refractivity (Wildman–Crippen MR) is 38.4 cm³/mol. The maximum atomic E-state index is 10.9. The lowest BCUT2D eigenvalue weighted by molar-refractivity contribution is 0.0588. The van der Waals surface area contributed by atoms with Crippen LogP contribution >= 0.6 is 0 Å². The van der Waals surface area contributed by atoms with Gasteiger partial charge in [-0.3, -0.25) is 0 Å². The van der Waals surface area contributed by atoms with E-state index in [2.05, 4.69) is 4.74 Å². The fourth-order valence-corrected chi connectivity index (χ4v) is 0.810. The minimum atomic E-state index is -0.451. The third kappa shape index (κ3) is 1.19. The molecule has 0 amide bonds. The van der Waals surface area contributed by atoms with Gasteiger partial charge in [0, 0.05) is 13.1 Å². The van der Waals surface area contributed by atoms with Crippen LogP contribution in [0.15, 0.2) is 12.1 Å². The fourth-order valence-electron chi connectivity index (χ4n) is 0.810. The van der Waals surface area contributed by atoms with Crippen molar-refractivity contribution >= 4 is 5.97 Å². The molecular formula is C7H9NO3. The standard InChI is InChI=1S/C7H9NO3/c1-8-5(7(10)11-2)3-4-6(8)9/h3-4,9H,1-2H3. The van der Waals surface area contributed by atoms with Crippen molar-refractivity contribution in [2.45, 2.75) is 0 Å². The highest BCUT2D eigenvalue weighted by Crippen LogP contribution is 2.13. The number of carbonyl (C=O) groups excluding carboxylic acids is 1. The van der Waals surface area contributed by atoms with Gasteiger partial charge in [-0.1, -0.05) is 0 Å². The van der Waals surface area contributed by atoms with Crippen LogP contribution in [-0.4, -0.2) is 22.8 Å². The van der Waals surface area contributed by atoms with Crippen LogP contribution in [-0.2, 0) is 11.8 Å². The van der Waals surface area contributed by atoms with Gasteiger partial charge in [-0.05, 0) is 6.07 Å². The molecule has 0 saturated heterocycles. The minimum absolute atomic E-state index is 0.0467. The molecule has 0 aliphatic rings. The van der Waals surface area contributed by atoms with Gasteiger partial charge in [0.15, 0.2) is 5.88 Å². The maximum Gasteiger partial charge on any atom is 0.354 e. The van der Waals surface area contributed by atoms with Gasteiger partial charge in [0.25, 0.3) is 0 Å². The first-order valence-corrected chi connectivity index (χ1v) is 3.10. The quantitative estimate of drug-likeness (QED) is 0.601. The summed E-state index contributed by atoms with van der Waals surface area (Å²) in [6.45, 7) is 0. The van der Waals surface area contributed by atoms with E-state index in [1.807, 2.05) is 0 Å². The smallest absolute Gasteiger partial charge is 0.354 e. The molecule has 0 atom stereocenters. The summed E-state index contributed by atoms with van der Waals surface area (Å²) < 4.78 is 5.81. The molecule has 0 aliphatic carbocycles. The highest BCUT2D eigenvalue weighted by molar-refractivity contribution is 5.87. The van der Waals surface area contributed by atoms with Crippen LogP contribution < -0.4 is 0 Å². The Balaban J connectivity index is 3.04. The zero-order chi connectivity index (χ0) is 8.43. The van der Waals surface area contributed by atoms with Gasteiger partial charge >= 0.3 is 5.97 Å². The molecule has 1 N–H and O–H groups in total. The number of aromatic hydroxyl groups is 1. The summed E-state index contributed by atoms with van der Waals surface area (Å²) in [4.78, 5) is 10.9. The molecule has 0 aliphatic heterocycles. The Morgan fingerprint density at radius 2 is 2.27 bits per heavy atom. The number of rotatable bonds is 1. The molecule has 0 aromatic carbocycles. The summed E-state index contributed by atoms with van der Waals surface area (Å²) >= 11 is 0. The molecule has 4 nitrogen and oxygen atoms in total. The monoisotopic (exact) mass is 155 g/mol. The average molecular weight is 155 g/mol. The molecule has 11 heavy (non-hydrogen) atoms. The van der Waals surface area contributed by atoms with Gasteiger partial charge < -0.3 is 14.4 Å². The van der Waals surface area contributed by atoms with Gasteiger partial charge in [0.2, 0.25) is 0 Å². The SMILES string of the molecule is COC(=O)c1ccc(O)n1C.